The van der Waals surface area contributed by atoms with Crippen molar-refractivity contribution in [3.63, 3.8) is 0 Å². The topological polar surface area (TPSA) is 0 Å². The normalized spacial score (nSPS) is 12.8. The molecule has 0 heterocycles. The number of aryl methyl sites for hydroxylation is 2. The molecule has 0 saturated carbocycles. The van der Waals surface area contributed by atoms with Gasteiger partial charge >= 0.3 is 319 Å². The Morgan fingerprint density at radius 3 is 1.57 bits per heavy atom. The van der Waals surface area contributed by atoms with Crippen molar-refractivity contribution in [3.05, 3.63) is 217 Å². The monoisotopic (exact) mass is 778 g/mol. The van der Waals surface area contributed by atoms with Crippen LogP contribution < -0.4 is 28.7 Å². The van der Waals surface area contributed by atoms with Crippen molar-refractivity contribution in [1.29, 1.82) is 0 Å². The van der Waals surface area contributed by atoms with Gasteiger partial charge in [0.15, 0.2) is 0 Å². The van der Waals surface area contributed by atoms with Crippen LogP contribution in [0.5, 0.6) is 0 Å². The summed E-state index contributed by atoms with van der Waals surface area (Å²) in [6.07, 6.45) is 9.13. The van der Waals surface area contributed by atoms with E-state index in [1.807, 2.05) is 0 Å². The van der Waals surface area contributed by atoms with E-state index in [4.69, 9.17) is 0 Å². The van der Waals surface area contributed by atoms with Gasteiger partial charge in [-0.15, -0.1) is 0 Å². The smallest absolute Gasteiger partial charge is 1.00 e. The molecule has 6 aromatic rings. The van der Waals surface area contributed by atoms with Crippen molar-refractivity contribution >= 4 is 7.68 Å². The van der Waals surface area contributed by atoms with Crippen LogP contribution >= 0.6 is 0 Å². The molecule has 2 aliphatic rings. The zero-order valence-corrected chi connectivity index (χ0v) is 35.3. The second kappa shape index (κ2) is 16.0. The fourth-order valence-corrected chi connectivity index (χ4v) is 13.4. The van der Waals surface area contributed by atoms with Gasteiger partial charge in [-0.1, -0.05) is 0 Å². The maximum absolute atomic E-state index is 2.66. The fourth-order valence-electron chi connectivity index (χ4n) is 8.29. The summed E-state index contributed by atoms with van der Waals surface area (Å²) in [5.41, 5.74) is 16.3. The average molecular weight is 780 g/mol. The molecule has 0 saturated heterocycles. The Kier molecular flexibility index (Phi) is 11.7. The Hall–Kier alpha value is -4.04. The van der Waals surface area contributed by atoms with Crippen molar-refractivity contribution in [2.24, 2.45) is 0 Å². The summed E-state index contributed by atoms with van der Waals surface area (Å²) in [5, 5.41) is 0. The molecule has 270 valence electrons. The third-order valence-electron chi connectivity index (χ3n) is 11.7. The fraction of sp³-hybridized carbons (Fsp3) is 0.196. The molecule has 0 fully saturated rings. The minimum atomic E-state index is -2.41. The van der Waals surface area contributed by atoms with E-state index in [1.54, 1.807) is 11.6 Å². The summed E-state index contributed by atoms with van der Waals surface area (Å²) in [5.74, 6) is 0. The van der Waals surface area contributed by atoms with E-state index in [0.717, 1.165) is 12.8 Å². The molecular formula is C51H48Cl2Ti. The maximum Gasteiger partial charge on any atom is -1.00 e. The van der Waals surface area contributed by atoms with Crippen LogP contribution in [0.25, 0.3) is 11.1 Å². The SMILES string of the molecule is Cc1ccc([C](c2ccc(C)cc2)=[Ti+2]([C]2=CC=CC2)[c]2cc(C(C)(C)c3ccccc3)cc3c2Cc2ccc(C(C)(C)c4ccccc4)cc2-3)cc1.[Cl-].[Cl-]. The van der Waals surface area contributed by atoms with Gasteiger partial charge in [-0.3, -0.25) is 0 Å². The molecule has 0 nitrogen and oxygen atoms in total. The molecule has 0 unspecified atom stereocenters. The maximum atomic E-state index is 2.66. The zero-order chi connectivity index (χ0) is 36.0. The Morgan fingerprint density at radius 2 is 1.06 bits per heavy atom. The molecule has 3 heteroatoms. The van der Waals surface area contributed by atoms with Crippen LogP contribution in [0.15, 0.2) is 162 Å². The van der Waals surface area contributed by atoms with Crippen LogP contribution in [-0.2, 0) is 34.7 Å². The van der Waals surface area contributed by atoms with Gasteiger partial charge in [0.1, 0.15) is 0 Å². The van der Waals surface area contributed by atoms with E-state index >= 15 is 0 Å². The van der Waals surface area contributed by atoms with E-state index < -0.39 is 17.4 Å². The third kappa shape index (κ3) is 7.35. The summed E-state index contributed by atoms with van der Waals surface area (Å²) in [6.45, 7) is 14.0. The van der Waals surface area contributed by atoms with Gasteiger partial charge in [0.25, 0.3) is 0 Å². The molecule has 0 aromatic heterocycles. The number of benzene rings is 6. The van der Waals surface area contributed by atoms with Crippen molar-refractivity contribution in [3.8, 4) is 11.1 Å². The van der Waals surface area contributed by atoms with E-state index in [0.29, 0.717) is 0 Å². The molecular weight excluding hydrogens is 731 g/mol. The predicted molar refractivity (Wildman–Crippen MR) is 219 cm³/mol. The summed E-state index contributed by atoms with van der Waals surface area (Å²) in [6, 6.07) is 53.4. The van der Waals surface area contributed by atoms with Gasteiger partial charge in [0.2, 0.25) is 0 Å². The van der Waals surface area contributed by atoms with Crippen LogP contribution in [0.2, 0.25) is 0 Å². The first-order chi connectivity index (χ1) is 25.1. The van der Waals surface area contributed by atoms with E-state index in [9.17, 15) is 0 Å². The molecule has 0 aliphatic heterocycles. The number of fused-ring (bicyclic) bond motifs is 3. The molecule has 0 N–H and O–H groups in total. The van der Waals surface area contributed by atoms with Crippen molar-refractivity contribution in [2.45, 2.75) is 65.2 Å². The first-order valence-corrected chi connectivity index (χ1v) is 21.1. The Bertz CT molecular complexity index is 2330. The molecule has 0 atom stereocenters. The number of rotatable bonds is 8. The summed E-state index contributed by atoms with van der Waals surface area (Å²) in [4.78, 5) is 0. The standard InChI is InChI=1S/C31H29.C15H14.C5H5.2ClH.Ti/c1-30(2,24-11-7-5-8-12-24)26-17-15-22-19-23-16-18-27(21-29(23)28(22)20-26)31(3,4)25-13-9-6-10-14-25;1-12-3-7-14(8-4-12)11-15-9-5-13(2)6-10-15;1-2-4-5-3-1;;;/h5-15,17-18,20-21H,19H2,1-4H3;3-10H,1-2H3;1-3H,4H2;2*1H;/q;;;;;+2/p-2. The van der Waals surface area contributed by atoms with Crippen molar-refractivity contribution in [1.82, 2.24) is 0 Å². The molecule has 0 bridgehead atoms. The van der Waals surface area contributed by atoms with Crippen LogP contribution in [-0.4, -0.2) is 3.81 Å². The third-order valence-corrected chi connectivity index (χ3v) is 16.5. The van der Waals surface area contributed by atoms with Crippen LogP contribution in [0.4, 0.5) is 0 Å². The number of hydrogen-bond acceptors (Lipinski definition) is 0. The Morgan fingerprint density at radius 1 is 0.537 bits per heavy atom. The largest absolute Gasteiger partial charge is 1.00 e. The minimum Gasteiger partial charge on any atom is -1.00 e. The average Bonchev–Trinajstić information content (AvgIpc) is 3.84. The van der Waals surface area contributed by atoms with Gasteiger partial charge in [0, 0.05) is 0 Å². The van der Waals surface area contributed by atoms with E-state index in [2.05, 4.69) is 199 Å². The van der Waals surface area contributed by atoms with Crippen molar-refractivity contribution < 1.29 is 42.2 Å². The minimum absolute atomic E-state index is 0. The number of halogens is 2. The quantitative estimate of drug-likeness (QED) is 0.169. The summed E-state index contributed by atoms with van der Waals surface area (Å²) >= 11 is -2.41. The molecule has 6 aromatic carbocycles. The van der Waals surface area contributed by atoms with Gasteiger partial charge in [-0.25, -0.2) is 0 Å². The molecule has 0 amide bonds. The predicted octanol–water partition coefficient (Wildman–Crippen LogP) is 5.89. The van der Waals surface area contributed by atoms with Gasteiger partial charge in [-0.2, -0.15) is 0 Å². The van der Waals surface area contributed by atoms with Crippen LogP contribution in [0.3, 0.4) is 0 Å². The second-order valence-corrected chi connectivity index (χ2v) is 19.7. The van der Waals surface area contributed by atoms with Gasteiger partial charge in [0.05, 0.1) is 0 Å². The first kappa shape index (κ1) is 39.7. The second-order valence-electron chi connectivity index (χ2n) is 15.9. The van der Waals surface area contributed by atoms with Gasteiger partial charge in [-0.05, 0) is 0 Å². The molecule has 54 heavy (non-hydrogen) atoms. The van der Waals surface area contributed by atoms with E-state index in [1.165, 1.54) is 66.8 Å². The van der Waals surface area contributed by atoms with Crippen molar-refractivity contribution in [2.75, 3.05) is 0 Å². The molecule has 8 rings (SSSR count). The van der Waals surface area contributed by atoms with Crippen LogP contribution in [0, 0.1) is 13.8 Å². The zero-order valence-electron chi connectivity index (χ0n) is 32.2. The van der Waals surface area contributed by atoms with Gasteiger partial charge < -0.3 is 24.8 Å². The first-order valence-electron chi connectivity index (χ1n) is 18.8. The number of hydrogen-bond donors (Lipinski definition) is 0. The summed E-state index contributed by atoms with van der Waals surface area (Å²) < 4.78 is 4.77. The Labute approximate surface area is 341 Å². The Balaban J connectivity index is 0.00000249. The van der Waals surface area contributed by atoms with Crippen LogP contribution in [0.1, 0.15) is 89.8 Å². The molecule has 0 spiro atoms. The molecule has 2 aliphatic carbocycles. The number of allylic oxidation sites excluding steroid dienone is 4. The van der Waals surface area contributed by atoms with E-state index in [-0.39, 0.29) is 35.6 Å². The molecule has 0 radical (unpaired) electrons. The summed E-state index contributed by atoms with van der Waals surface area (Å²) in [7, 11) is 0.